The fraction of sp³-hybridized carbons (Fsp3) is 0.609. The number of rotatable bonds is 11. The van der Waals surface area contributed by atoms with Crippen LogP contribution in [0.15, 0.2) is 30.3 Å². The second kappa shape index (κ2) is 12.9. The third-order valence-corrected chi connectivity index (χ3v) is 4.44. The van der Waals surface area contributed by atoms with Crippen molar-refractivity contribution in [3.05, 3.63) is 35.9 Å². The number of carbonyl (C=O) groups excluding carboxylic acids is 3. The first-order valence-corrected chi connectivity index (χ1v) is 10.6. The molecule has 2 N–H and O–H groups in total. The molecule has 0 aromatic heterocycles. The third-order valence-electron chi connectivity index (χ3n) is 4.44. The van der Waals surface area contributed by atoms with E-state index in [-0.39, 0.29) is 0 Å². The summed E-state index contributed by atoms with van der Waals surface area (Å²) in [4.78, 5) is 39.6. The lowest BCUT2D eigenvalue weighted by atomic mass is 10.0. The number of hydrogen-bond acceptors (Lipinski definition) is 6. The van der Waals surface area contributed by atoms with Crippen LogP contribution in [-0.2, 0) is 25.5 Å². The molecule has 2 amide bonds. The lowest BCUT2D eigenvalue weighted by Gasteiger charge is -2.25. The van der Waals surface area contributed by atoms with Crippen molar-refractivity contribution < 1.29 is 23.9 Å². The Morgan fingerprint density at radius 1 is 1.00 bits per heavy atom. The second-order valence-corrected chi connectivity index (χ2v) is 8.77. The normalized spacial score (nSPS) is 13.3. The number of amides is 2. The maximum atomic E-state index is 13.0. The van der Waals surface area contributed by atoms with Crippen molar-refractivity contribution in [2.75, 3.05) is 27.7 Å². The van der Waals surface area contributed by atoms with Crippen molar-refractivity contribution in [2.45, 2.75) is 64.1 Å². The molecule has 0 saturated heterocycles. The van der Waals surface area contributed by atoms with Gasteiger partial charge in [0.1, 0.15) is 17.7 Å². The maximum Gasteiger partial charge on any atom is 0.408 e. The van der Waals surface area contributed by atoms with Gasteiger partial charge in [0.15, 0.2) is 0 Å². The van der Waals surface area contributed by atoms with E-state index in [1.54, 1.807) is 20.8 Å². The predicted molar refractivity (Wildman–Crippen MR) is 120 cm³/mol. The molecule has 1 aromatic carbocycles. The molecule has 0 fully saturated rings. The minimum atomic E-state index is -0.857. The van der Waals surface area contributed by atoms with E-state index in [4.69, 9.17) is 9.47 Å². The van der Waals surface area contributed by atoms with Crippen LogP contribution in [0, 0.1) is 0 Å². The van der Waals surface area contributed by atoms with Crippen molar-refractivity contribution in [2.24, 2.45) is 0 Å². The number of nitrogens with one attached hydrogen (secondary N) is 2. The molecule has 0 aliphatic rings. The summed E-state index contributed by atoms with van der Waals surface area (Å²) in [6, 6.07) is 7.68. The van der Waals surface area contributed by atoms with Crippen LogP contribution in [0.3, 0.4) is 0 Å². The fourth-order valence-corrected chi connectivity index (χ4v) is 2.95. The maximum absolute atomic E-state index is 13.0. The molecule has 0 saturated carbocycles. The van der Waals surface area contributed by atoms with E-state index in [0.29, 0.717) is 12.8 Å². The Hall–Kier alpha value is -2.61. The largest absolute Gasteiger partial charge is 0.467 e. The minimum Gasteiger partial charge on any atom is -0.467 e. The number of nitrogens with zero attached hydrogens (tertiary/aromatic N) is 1. The summed E-state index contributed by atoms with van der Waals surface area (Å²) in [5.74, 6) is -0.983. The average Bonchev–Trinajstić information content (AvgIpc) is 2.68. The van der Waals surface area contributed by atoms with E-state index in [1.807, 2.05) is 44.4 Å². The Bertz CT molecular complexity index is 701. The van der Waals surface area contributed by atoms with Gasteiger partial charge in [-0.05, 0) is 66.2 Å². The number of esters is 1. The number of unbranched alkanes of at least 4 members (excludes halogenated alkanes) is 1. The second-order valence-electron chi connectivity index (χ2n) is 8.77. The molecule has 0 heterocycles. The molecule has 8 nitrogen and oxygen atoms in total. The summed E-state index contributed by atoms with van der Waals surface area (Å²) in [5.41, 5.74) is 0.207. The summed E-state index contributed by atoms with van der Waals surface area (Å²) in [6.45, 7) is 6.14. The van der Waals surface area contributed by atoms with Crippen molar-refractivity contribution in [1.29, 1.82) is 0 Å². The van der Waals surface area contributed by atoms with Gasteiger partial charge in [-0.1, -0.05) is 30.3 Å². The van der Waals surface area contributed by atoms with E-state index in [2.05, 4.69) is 15.5 Å². The van der Waals surface area contributed by atoms with E-state index in [9.17, 15) is 14.4 Å². The number of methoxy groups -OCH3 is 1. The zero-order chi connectivity index (χ0) is 23.4. The fourth-order valence-electron chi connectivity index (χ4n) is 2.95. The molecule has 8 heteroatoms. The van der Waals surface area contributed by atoms with Crippen LogP contribution >= 0.6 is 0 Å². The quantitative estimate of drug-likeness (QED) is 0.410. The SMILES string of the molecule is COC(=O)[C@H](Cc1ccccc1)NC(=O)[C@H](CCCCN(C)C)NC(=O)OC(C)(C)C. The Balaban J connectivity index is 2.86. The topological polar surface area (TPSA) is 97.0 Å². The number of alkyl carbamates (subject to hydrolysis) is 1. The highest BCUT2D eigenvalue weighted by atomic mass is 16.6. The van der Waals surface area contributed by atoms with Crippen LogP contribution in [0.4, 0.5) is 4.79 Å². The van der Waals surface area contributed by atoms with Gasteiger partial charge in [0.25, 0.3) is 0 Å². The molecule has 0 radical (unpaired) electrons. The van der Waals surface area contributed by atoms with Crippen LogP contribution in [0.2, 0.25) is 0 Å². The van der Waals surface area contributed by atoms with Gasteiger partial charge in [0.05, 0.1) is 7.11 Å². The standard InChI is InChI=1S/C23H37N3O5/c1-23(2,3)31-22(29)25-18(14-10-11-15-26(4)5)20(27)24-19(21(28)30-6)16-17-12-8-7-9-13-17/h7-9,12-13,18-19H,10-11,14-16H2,1-6H3,(H,24,27)(H,25,29)/t18-,19-/m0/s1. The Labute approximate surface area is 185 Å². The first kappa shape index (κ1) is 26.4. The molecular weight excluding hydrogens is 398 g/mol. The predicted octanol–water partition coefficient (Wildman–Crippen LogP) is 2.51. The van der Waals surface area contributed by atoms with Gasteiger partial charge < -0.3 is 25.0 Å². The number of ether oxygens (including phenoxy) is 2. The van der Waals surface area contributed by atoms with Gasteiger partial charge in [-0.25, -0.2) is 9.59 Å². The summed E-state index contributed by atoms with van der Waals surface area (Å²) in [7, 11) is 5.24. The summed E-state index contributed by atoms with van der Waals surface area (Å²) in [6.07, 6.45) is 1.65. The van der Waals surface area contributed by atoms with Crippen molar-refractivity contribution >= 4 is 18.0 Å². The van der Waals surface area contributed by atoms with Crippen LogP contribution in [0.25, 0.3) is 0 Å². The number of carbonyl (C=O) groups is 3. The lowest BCUT2D eigenvalue weighted by molar-refractivity contribution is -0.145. The van der Waals surface area contributed by atoms with Gasteiger partial charge >= 0.3 is 12.1 Å². The first-order valence-electron chi connectivity index (χ1n) is 10.6. The summed E-state index contributed by atoms with van der Waals surface area (Å²) in [5, 5.41) is 5.39. The van der Waals surface area contributed by atoms with Gasteiger partial charge in [-0.2, -0.15) is 0 Å². The highest BCUT2D eigenvalue weighted by Gasteiger charge is 2.28. The Morgan fingerprint density at radius 2 is 1.65 bits per heavy atom. The van der Waals surface area contributed by atoms with Gasteiger partial charge in [0.2, 0.25) is 5.91 Å². The molecule has 0 unspecified atom stereocenters. The van der Waals surface area contributed by atoms with E-state index >= 15 is 0 Å². The molecule has 174 valence electrons. The van der Waals surface area contributed by atoms with Gasteiger partial charge in [-0.15, -0.1) is 0 Å². The first-order chi connectivity index (χ1) is 14.5. The van der Waals surface area contributed by atoms with E-state index in [1.165, 1.54) is 7.11 Å². The van der Waals surface area contributed by atoms with Crippen molar-refractivity contribution in [3.63, 3.8) is 0 Å². The highest BCUT2D eigenvalue weighted by molar-refractivity contribution is 5.89. The number of hydrogen-bond donors (Lipinski definition) is 2. The molecule has 2 atom stereocenters. The van der Waals surface area contributed by atoms with Gasteiger partial charge in [0, 0.05) is 6.42 Å². The molecule has 31 heavy (non-hydrogen) atoms. The van der Waals surface area contributed by atoms with E-state index in [0.717, 1.165) is 24.9 Å². The minimum absolute atomic E-state index is 0.291. The van der Waals surface area contributed by atoms with Crippen LogP contribution < -0.4 is 10.6 Å². The third kappa shape index (κ3) is 11.4. The zero-order valence-corrected chi connectivity index (χ0v) is 19.6. The molecule has 0 spiro atoms. The van der Waals surface area contributed by atoms with Crippen LogP contribution in [-0.4, -0.2) is 68.3 Å². The molecule has 0 bridgehead atoms. The Kier molecular flexibility index (Phi) is 11.0. The van der Waals surface area contributed by atoms with Crippen LogP contribution in [0.5, 0.6) is 0 Å². The van der Waals surface area contributed by atoms with Crippen molar-refractivity contribution in [3.8, 4) is 0 Å². The summed E-state index contributed by atoms with van der Waals surface area (Å²) < 4.78 is 10.2. The molecule has 0 aliphatic carbocycles. The average molecular weight is 436 g/mol. The monoisotopic (exact) mass is 435 g/mol. The van der Waals surface area contributed by atoms with Crippen molar-refractivity contribution in [1.82, 2.24) is 15.5 Å². The van der Waals surface area contributed by atoms with Gasteiger partial charge in [-0.3, -0.25) is 4.79 Å². The molecular formula is C23H37N3O5. The molecule has 0 aliphatic heterocycles. The van der Waals surface area contributed by atoms with E-state index < -0.39 is 35.7 Å². The number of benzene rings is 1. The molecule has 1 aromatic rings. The van der Waals surface area contributed by atoms with Crippen LogP contribution in [0.1, 0.15) is 45.6 Å². The zero-order valence-electron chi connectivity index (χ0n) is 19.6. The Morgan fingerprint density at radius 3 is 2.19 bits per heavy atom. The highest BCUT2D eigenvalue weighted by Crippen LogP contribution is 2.10. The smallest absolute Gasteiger partial charge is 0.408 e. The molecule has 1 rings (SSSR count). The lowest BCUT2D eigenvalue weighted by Crippen LogP contribution is -2.53. The summed E-state index contributed by atoms with van der Waals surface area (Å²) >= 11 is 0.